The minimum Gasteiger partial charge on any atom is -0.241 e. The lowest BCUT2D eigenvalue weighted by atomic mass is 9.93. The molecule has 17 heavy (non-hydrogen) atoms. The maximum atomic E-state index is 8.85. The average molecular weight is 223 g/mol. The molecule has 0 amide bonds. The van der Waals surface area contributed by atoms with Gasteiger partial charge < -0.3 is 0 Å². The lowest BCUT2D eigenvalue weighted by molar-refractivity contribution is 0.743. The minimum atomic E-state index is 0.228. The maximum absolute atomic E-state index is 8.85. The zero-order valence-corrected chi connectivity index (χ0v) is 9.67. The molecule has 0 aliphatic carbocycles. The fraction of sp³-hybridized carbons (Fsp3) is 0.214. The quantitative estimate of drug-likeness (QED) is 0.803. The third-order valence-electron chi connectivity index (χ3n) is 2.77. The third-order valence-corrected chi connectivity index (χ3v) is 2.77. The number of aromatic nitrogens is 2. The van der Waals surface area contributed by atoms with E-state index in [-0.39, 0.29) is 5.92 Å². The molecule has 3 heteroatoms. The summed E-state index contributed by atoms with van der Waals surface area (Å²) in [4.78, 5) is 8.17. The van der Waals surface area contributed by atoms with Crippen molar-refractivity contribution in [3.8, 4) is 6.07 Å². The molecule has 2 rings (SSSR count). The summed E-state index contributed by atoms with van der Waals surface area (Å²) in [5.74, 6) is 0.228. The van der Waals surface area contributed by atoms with E-state index < -0.39 is 0 Å². The summed E-state index contributed by atoms with van der Waals surface area (Å²) in [7, 11) is 0. The standard InChI is InChI=1S/C14H13N3/c1-2-13(11-6-4-3-5-7-11)14-8-12(9-15)16-10-17-14/h3-8,10,13H,2H2,1H3. The molecule has 0 aliphatic rings. The van der Waals surface area contributed by atoms with Gasteiger partial charge >= 0.3 is 0 Å². The molecule has 1 atom stereocenters. The number of hydrogen-bond donors (Lipinski definition) is 0. The van der Waals surface area contributed by atoms with Gasteiger partial charge in [-0.05, 0) is 18.1 Å². The van der Waals surface area contributed by atoms with Gasteiger partial charge in [-0.3, -0.25) is 0 Å². The van der Waals surface area contributed by atoms with E-state index in [1.54, 1.807) is 6.07 Å². The van der Waals surface area contributed by atoms with Gasteiger partial charge in [-0.15, -0.1) is 0 Å². The van der Waals surface area contributed by atoms with Crippen LogP contribution >= 0.6 is 0 Å². The molecule has 0 spiro atoms. The van der Waals surface area contributed by atoms with E-state index in [1.165, 1.54) is 11.9 Å². The highest BCUT2D eigenvalue weighted by molar-refractivity contribution is 5.31. The largest absolute Gasteiger partial charge is 0.241 e. The molecule has 0 saturated heterocycles. The van der Waals surface area contributed by atoms with Crippen molar-refractivity contribution in [3.63, 3.8) is 0 Å². The van der Waals surface area contributed by atoms with Crippen molar-refractivity contribution < 1.29 is 0 Å². The van der Waals surface area contributed by atoms with E-state index in [0.717, 1.165) is 12.1 Å². The Hall–Kier alpha value is -2.21. The normalized spacial score (nSPS) is 11.8. The van der Waals surface area contributed by atoms with E-state index in [4.69, 9.17) is 5.26 Å². The van der Waals surface area contributed by atoms with Crippen LogP contribution in [-0.4, -0.2) is 9.97 Å². The Bertz CT molecular complexity index is 529. The summed E-state index contributed by atoms with van der Waals surface area (Å²) in [5.41, 5.74) is 2.55. The van der Waals surface area contributed by atoms with Gasteiger partial charge in [0.1, 0.15) is 18.1 Å². The van der Waals surface area contributed by atoms with Gasteiger partial charge in [0, 0.05) is 5.92 Å². The number of benzene rings is 1. The predicted molar refractivity (Wildman–Crippen MR) is 65.3 cm³/mol. The van der Waals surface area contributed by atoms with Gasteiger partial charge in [0.2, 0.25) is 0 Å². The van der Waals surface area contributed by atoms with Gasteiger partial charge in [0.25, 0.3) is 0 Å². The van der Waals surface area contributed by atoms with E-state index in [0.29, 0.717) is 5.69 Å². The number of nitriles is 1. The molecule has 1 unspecified atom stereocenters. The van der Waals surface area contributed by atoms with Crippen molar-refractivity contribution in [2.45, 2.75) is 19.3 Å². The van der Waals surface area contributed by atoms with Gasteiger partial charge in [-0.2, -0.15) is 5.26 Å². The number of rotatable bonds is 3. The Morgan fingerprint density at radius 1 is 1.24 bits per heavy atom. The monoisotopic (exact) mass is 223 g/mol. The molecule has 1 heterocycles. The van der Waals surface area contributed by atoms with Crippen LogP contribution in [0.4, 0.5) is 0 Å². The second-order valence-electron chi connectivity index (χ2n) is 3.81. The van der Waals surface area contributed by atoms with Crippen LogP contribution < -0.4 is 0 Å². The fourth-order valence-corrected chi connectivity index (χ4v) is 1.93. The summed E-state index contributed by atoms with van der Waals surface area (Å²) in [6.45, 7) is 2.12. The molecule has 2 aromatic rings. The number of hydrogen-bond acceptors (Lipinski definition) is 3. The number of nitrogens with zero attached hydrogens (tertiary/aromatic N) is 3. The van der Waals surface area contributed by atoms with Crippen molar-refractivity contribution in [1.82, 2.24) is 9.97 Å². The first-order chi connectivity index (χ1) is 8.35. The Morgan fingerprint density at radius 3 is 2.65 bits per heavy atom. The van der Waals surface area contributed by atoms with E-state index in [2.05, 4.69) is 29.0 Å². The van der Waals surface area contributed by atoms with Gasteiger partial charge in [0.05, 0.1) is 5.69 Å². The Labute approximate surface area is 101 Å². The minimum absolute atomic E-state index is 0.228. The molecule has 1 aromatic heterocycles. The summed E-state index contributed by atoms with van der Waals surface area (Å²) in [5, 5.41) is 8.85. The molecule has 0 saturated carbocycles. The predicted octanol–water partition coefficient (Wildman–Crippen LogP) is 2.89. The van der Waals surface area contributed by atoms with Crippen molar-refractivity contribution in [2.75, 3.05) is 0 Å². The molecule has 0 N–H and O–H groups in total. The highest BCUT2D eigenvalue weighted by Gasteiger charge is 2.13. The lowest BCUT2D eigenvalue weighted by Gasteiger charge is -2.14. The summed E-state index contributed by atoms with van der Waals surface area (Å²) >= 11 is 0. The van der Waals surface area contributed by atoms with Crippen molar-refractivity contribution in [3.05, 3.63) is 59.7 Å². The Balaban J connectivity index is 2.39. The summed E-state index contributed by atoms with van der Waals surface area (Å²) < 4.78 is 0. The third kappa shape index (κ3) is 2.48. The summed E-state index contributed by atoms with van der Waals surface area (Å²) in [6, 6.07) is 14.0. The molecule has 1 aromatic carbocycles. The zero-order valence-electron chi connectivity index (χ0n) is 9.67. The molecule has 0 fully saturated rings. The lowest BCUT2D eigenvalue weighted by Crippen LogP contribution is -2.03. The van der Waals surface area contributed by atoms with E-state index in [9.17, 15) is 0 Å². The molecule has 3 nitrogen and oxygen atoms in total. The molecule has 0 radical (unpaired) electrons. The summed E-state index contributed by atoms with van der Waals surface area (Å²) in [6.07, 6.45) is 2.41. The van der Waals surface area contributed by atoms with Crippen LogP contribution in [0.2, 0.25) is 0 Å². The van der Waals surface area contributed by atoms with Crippen LogP contribution in [0.3, 0.4) is 0 Å². The topological polar surface area (TPSA) is 49.6 Å². The fourth-order valence-electron chi connectivity index (χ4n) is 1.93. The molecule has 0 aliphatic heterocycles. The smallest absolute Gasteiger partial charge is 0.144 e. The van der Waals surface area contributed by atoms with Gasteiger partial charge in [-0.25, -0.2) is 9.97 Å². The second kappa shape index (κ2) is 5.22. The Kier molecular flexibility index (Phi) is 3.46. The highest BCUT2D eigenvalue weighted by Crippen LogP contribution is 2.25. The maximum Gasteiger partial charge on any atom is 0.144 e. The Morgan fingerprint density at radius 2 is 2.00 bits per heavy atom. The average Bonchev–Trinajstić information content (AvgIpc) is 2.41. The van der Waals surface area contributed by atoms with E-state index in [1.807, 2.05) is 24.3 Å². The van der Waals surface area contributed by atoms with Crippen LogP contribution in [0.15, 0.2) is 42.7 Å². The van der Waals surface area contributed by atoms with Crippen LogP contribution in [0.25, 0.3) is 0 Å². The van der Waals surface area contributed by atoms with Crippen molar-refractivity contribution in [1.29, 1.82) is 5.26 Å². The van der Waals surface area contributed by atoms with Crippen LogP contribution in [0.5, 0.6) is 0 Å². The van der Waals surface area contributed by atoms with Crippen LogP contribution in [-0.2, 0) is 0 Å². The van der Waals surface area contributed by atoms with E-state index >= 15 is 0 Å². The van der Waals surface area contributed by atoms with Gasteiger partial charge in [0.15, 0.2) is 0 Å². The van der Waals surface area contributed by atoms with Crippen molar-refractivity contribution >= 4 is 0 Å². The first-order valence-electron chi connectivity index (χ1n) is 5.62. The molecule has 0 bridgehead atoms. The first-order valence-corrected chi connectivity index (χ1v) is 5.62. The first kappa shape index (κ1) is 11.3. The van der Waals surface area contributed by atoms with Crippen LogP contribution in [0.1, 0.15) is 36.2 Å². The second-order valence-corrected chi connectivity index (χ2v) is 3.81. The zero-order chi connectivity index (χ0) is 12.1. The molecular formula is C14H13N3. The molecule has 84 valence electrons. The highest BCUT2D eigenvalue weighted by atomic mass is 14.8. The van der Waals surface area contributed by atoms with Crippen molar-refractivity contribution in [2.24, 2.45) is 0 Å². The molecular weight excluding hydrogens is 210 g/mol. The van der Waals surface area contributed by atoms with Crippen LogP contribution in [0, 0.1) is 11.3 Å². The van der Waals surface area contributed by atoms with Gasteiger partial charge in [-0.1, -0.05) is 37.3 Å². The SMILES string of the molecule is CCC(c1ccccc1)c1cc(C#N)ncn1.